The average Bonchev–Trinajstić information content (AvgIpc) is 3.14. The van der Waals surface area contributed by atoms with Crippen LogP contribution in [0.2, 0.25) is 5.02 Å². The van der Waals surface area contributed by atoms with Crippen LogP contribution in [0.25, 0.3) is 6.08 Å². The first-order chi connectivity index (χ1) is 12.9. The van der Waals surface area contributed by atoms with Crippen molar-refractivity contribution in [2.75, 3.05) is 10.0 Å². The normalized spacial score (nSPS) is 11.4. The maximum absolute atomic E-state index is 12.2. The third-order valence-electron chi connectivity index (χ3n) is 3.39. The Morgan fingerprint density at radius 2 is 1.85 bits per heavy atom. The third kappa shape index (κ3) is 4.93. The first kappa shape index (κ1) is 18.6. The zero-order chi connectivity index (χ0) is 19.3. The van der Waals surface area contributed by atoms with Gasteiger partial charge in [0.05, 0.1) is 4.90 Å². The van der Waals surface area contributed by atoms with Crippen LogP contribution < -0.4 is 10.0 Å². The minimum Gasteiger partial charge on any atom is -0.323 e. The van der Waals surface area contributed by atoms with Crippen LogP contribution >= 0.6 is 11.6 Å². The number of hydrogen-bond donors (Lipinski definition) is 3. The Morgan fingerprint density at radius 1 is 1.11 bits per heavy atom. The van der Waals surface area contributed by atoms with Crippen molar-refractivity contribution in [2.45, 2.75) is 4.90 Å². The molecule has 3 rings (SSSR count). The molecule has 0 radical (unpaired) electrons. The highest BCUT2D eigenvalue weighted by molar-refractivity contribution is 7.92. The number of aromatic amines is 1. The van der Waals surface area contributed by atoms with E-state index in [2.05, 4.69) is 25.2 Å². The van der Waals surface area contributed by atoms with Crippen LogP contribution in [-0.2, 0) is 14.8 Å². The van der Waals surface area contributed by atoms with Gasteiger partial charge in [0, 0.05) is 16.8 Å². The lowest BCUT2D eigenvalue weighted by molar-refractivity contribution is -0.111. The Morgan fingerprint density at radius 3 is 2.52 bits per heavy atom. The molecule has 3 N–H and O–H groups in total. The molecule has 3 aromatic rings. The maximum atomic E-state index is 12.2. The van der Waals surface area contributed by atoms with Crippen LogP contribution in [0.3, 0.4) is 0 Å². The van der Waals surface area contributed by atoms with E-state index in [1.807, 2.05) is 6.07 Å². The largest absolute Gasteiger partial charge is 0.323 e. The molecule has 0 aliphatic rings. The SMILES string of the molecule is O=C(/C=C/c1ccccc1Cl)Nc1ccc(S(=O)(=O)Nc2nc[nH]n2)cc1. The zero-order valence-electron chi connectivity index (χ0n) is 13.8. The summed E-state index contributed by atoms with van der Waals surface area (Å²) in [5, 5.41) is 9.23. The van der Waals surface area contributed by atoms with Crippen LogP contribution in [0.5, 0.6) is 0 Å². The predicted octanol–water partition coefficient (Wildman–Crippen LogP) is 2.91. The van der Waals surface area contributed by atoms with Gasteiger partial charge in [-0.25, -0.2) is 13.1 Å². The second-order valence-electron chi connectivity index (χ2n) is 5.30. The zero-order valence-corrected chi connectivity index (χ0v) is 15.3. The van der Waals surface area contributed by atoms with Gasteiger partial charge in [0.1, 0.15) is 6.33 Å². The Balaban J connectivity index is 1.65. The highest BCUT2D eigenvalue weighted by Crippen LogP contribution is 2.18. The molecular weight excluding hydrogens is 390 g/mol. The van der Waals surface area contributed by atoms with E-state index in [4.69, 9.17) is 11.6 Å². The Bertz CT molecular complexity index is 1060. The highest BCUT2D eigenvalue weighted by atomic mass is 35.5. The number of H-pyrrole nitrogens is 1. The summed E-state index contributed by atoms with van der Waals surface area (Å²) in [7, 11) is -3.82. The molecule has 1 amide bonds. The molecule has 0 bridgehead atoms. The summed E-state index contributed by atoms with van der Waals surface area (Å²) in [6.45, 7) is 0. The Kier molecular flexibility index (Phi) is 5.53. The van der Waals surface area contributed by atoms with E-state index in [-0.39, 0.29) is 16.8 Å². The van der Waals surface area contributed by atoms with Gasteiger partial charge in [-0.1, -0.05) is 29.8 Å². The fourth-order valence-electron chi connectivity index (χ4n) is 2.11. The Hall–Kier alpha value is -3.17. The minimum atomic E-state index is -3.82. The van der Waals surface area contributed by atoms with Crippen molar-refractivity contribution >= 4 is 45.2 Å². The molecule has 0 aliphatic heterocycles. The lowest BCUT2D eigenvalue weighted by Crippen LogP contribution is -2.14. The summed E-state index contributed by atoms with van der Waals surface area (Å²) in [5.74, 6) is -0.429. The molecule has 0 saturated heterocycles. The van der Waals surface area contributed by atoms with E-state index >= 15 is 0 Å². The summed E-state index contributed by atoms with van der Waals surface area (Å²) in [6, 6.07) is 12.8. The minimum absolute atomic E-state index is 0.0110. The number of amides is 1. The van der Waals surface area contributed by atoms with Crippen LogP contribution in [0.1, 0.15) is 5.56 Å². The third-order valence-corrected chi connectivity index (χ3v) is 5.08. The van der Waals surface area contributed by atoms with E-state index in [1.54, 1.807) is 24.3 Å². The molecule has 2 aromatic carbocycles. The molecule has 0 aliphatic carbocycles. The molecule has 0 spiro atoms. The average molecular weight is 404 g/mol. The number of benzene rings is 2. The van der Waals surface area contributed by atoms with E-state index < -0.39 is 10.0 Å². The molecule has 27 heavy (non-hydrogen) atoms. The molecule has 138 valence electrons. The van der Waals surface area contributed by atoms with Crippen LogP contribution in [0, 0.1) is 0 Å². The molecule has 1 aromatic heterocycles. The lowest BCUT2D eigenvalue weighted by atomic mass is 10.2. The van der Waals surface area contributed by atoms with E-state index in [1.165, 1.54) is 36.7 Å². The van der Waals surface area contributed by atoms with Crippen molar-refractivity contribution in [1.82, 2.24) is 15.2 Å². The summed E-state index contributed by atoms with van der Waals surface area (Å²) < 4.78 is 26.6. The fourth-order valence-corrected chi connectivity index (χ4v) is 3.26. The summed E-state index contributed by atoms with van der Waals surface area (Å²) >= 11 is 6.02. The molecule has 0 unspecified atom stereocenters. The standard InChI is InChI=1S/C17H14ClN5O3S/c18-15-4-2-1-3-12(15)5-10-16(24)21-13-6-8-14(9-7-13)27(25,26)23-17-19-11-20-22-17/h1-11H,(H,21,24)(H2,19,20,22,23)/b10-5+. The van der Waals surface area contributed by atoms with Crippen molar-refractivity contribution in [2.24, 2.45) is 0 Å². The van der Waals surface area contributed by atoms with Gasteiger partial charge in [-0.2, -0.15) is 4.98 Å². The summed E-state index contributed by atoms with van der Waals surface area (Å²) in [5.41, 5.74) is 1.16. The highest BCUT2D eigenvalue weighted by Gasteiger charge is 2.15. The first-order valence-corrected chi connectivity index (χ1v) is 9.52. The van der Waals surface area contributed by atoms with Gasteiger partial charge in [0.15, 0.2) is 0 Å². The molecule has 1 heterocycles. The monoisotopic (exact) mass is 403 g/mol. The number of carbonyl (C=O) groups is 1. The number of halogens is 1. The number of carbonyl (C=O) groups excluding carboxylic acids is 1. The summed E-state index contributed by atoms with van der Waals surface area (Å²) in [6.07, 6.45) is 4.20. The molecule has 8 nitrogen and oxygen atoms in total. The molecule has 0 atom stereocenters. The molecule has 0 fully saturated rings. The van der Waals surface area contributed by atoms with Crippen molar-refractivity contribution in [3.05, 3.63) is 71.5 Å². The number of anilines is 2. The number of sulfonamides is 1. The Labute approximate surface area is 160 Å². The van der Waals surface area contributed by atoms with Gasteiger partial charge in [0.2, 0.25) is 5.91 Å². The number of aromatic nitrogens is 3. The van der Waals surface area contributed by atoms with Crippen LogP contribution in [-0.4, -0.2) is 29.5 Å². The van der Waals surface area contributed by atoms with Gasteiger partial charge < -0.3 is 5.32 Å². The van der Waals surface area contributed by atoms with Gasteiger partial charge in [0.25, 0.3) is 16.0 Å². The van der Waals surface area contributed by atoms with Gasteiger partial charge in [-0.05, 0) is 42.0 Å². The van der Waals surface area contributed by atoms with Gasteiger partial charge >= 0.3 is 0 Å². The second kappa shape index (κ2) is 8.02. The van der Waals surface area contributed by atoms with E-state index in [9.17, 15) is 13.2 Å². The smallest absolute Gasteiger partial charge is 0.264 e. The predicted molar refractivity (Wildman–Crippen MR) is 103 cm³/mol. The summed E-state index contributed by atoms with van der Waals surface area (Å²) in [4.78, 5) is 15.7. The van der Waals surface area contributed by atoms with Crippen molar-refractivity contribution in [3.8, 4) is 0 Å². The first-order valence-electron chi connectivity index (χ1n) is 7.66. The van der Waals surface area contributed by atoms with Gasteiger partial charge in [-0.3, -0.25) is 9.89 Å². The van der Waals surface area contributed by atoms with E-state index in [0.29, 0.717) is 16.3 Å². The van der Waals surface area contributed by atoms with Crippen molar-refractivity contribution in [3.63, 3.8) is 0 Å². The van der Waals surface area contributed by atoms with E-state index in [0.717, 1.165) is 0 Å². The number of nitrogens with one attached hydrogen (secondary N) is 3. The van der Waals surface area contributed by atoms with Gasteiger partial charge in [-0.15, -0.1) is 5.10 Å². The van der Waals surface area contributed by atoms with Crippen LogP contribution in [0.15, 0.2) is 65.8 Å². The molecule has 10 heteroatoms. The number of hydrogen-bond acceptors (Lipinski definition) is 5. The number of nitrogens with zero attached hydrogens (tertiary/aromatic N) is 2. The lowest BCUT2D eigenvalue weighted by Gasteiger charge is -2.06. The topological polar surface area (TPSA) is 117 Å². The fraction of sp³-hybridized carbons (Fsp3) is 0. The maximum Gasteiger partial charge on any atom is 0.264 e. The van der Waals surface area contributed by atoms with Crippen molar-refractivity contribution < 1.29 is 13.2 Å². The second-order valence-corrected chi connectivity index (χ2v) is 7.39. The van der Waals surface area contributed by atoms with Crippen LogP contribution in [0.4, 0.5) is 11.6 Å². The molecular formula is C17H14ClN5O3S. The molecule has 0 saturated carbocycles. The number of rotatable bonds is 6. The van der Waals surface area contributed by atoms with Crippen molar-refractivity contribution in [1.29, 1.82) is 0 Å². The quantitative estimate of drug-likeness (QED) is 0.547.